The van der Waals surface area contributed by atoms with E-state index in [2.05, 4.69) is 4.98 Å². The minimum Gasteiger partial charge on any atom is -0.452 e. The Kier molecular flexibility index (Phi) is 4.46. The highest BCUT2D eigenvalue weighted by molar-refractivity contribution is 7.90. The van der Waals surface area contributed by atoms with E-state index in [1.807, 2.05) is 6.92 Å². The minimum absolute atomic E-state index is 0.0244. The van der Waals surface area contributed by atoms with Gasteiger partial charge in [-0.15, -0.1) is 0 Å². The molecule has 9 heteroatoms. The molecule has 2 aromatic carbocycles. The maximum Gasteiger partial charge on any atom is 0.269 e. The number of benzene rings is 2. The van der Waals surface area contributed by atoms with Crippen molar-refractivity contribution < 1.29 is 21.9 Å². The van der Waals surface area contributed by atoms with Crippen molar-refractivity contribution >= 4 is 26.7 Å². The molecular formula is C20H15F2N3O3S. The number of aromatic nitrogens is 2. The molecule has 29 heavy (non-hydrogen) atoms. The molecular weight excluding hydrogens is 400 g/mol. The number of nitrogen functional groups attached to an aromatic ring is 1. The summed E-state index contributed by atoms with van der Waals surface area (Å²) in [5, 5.41) is 0.0805. The van der Waals surface area contributed by atoms with Gasteiger partial charge in [-0.2, -0.15) is 0 Å². The van der Waals surface area contributed by atoms with Crippen LogP contribution in [0.3, 0.4) is 0 Å². The molecule has 0 aliphatic rings. The number of anilines is 1. The number of pyridine rings is 1. The fourth-order valence-electron chi connectivity index (χ4n) is 2.83. The molecule has 0 amide bonds. The number of hydrogen-bond acceptors (Lipinski definition) is 5. The highest BCUT2D eigenvalue weighted by atomic mass is 32.2. The molecule has 2 N–H and O–H groups in total. The van der Waals surface area contributed by atoms with Crippen LogP contribution in [0.1, 0.15) is 5.56 Å². The third-order valence-electron chi connectivity index (χ3n) is 4.30. The Hall–Kier alpha value is -3.46. The van der Waals surface area contributed by atoms with Crippen LogP contribution in [-0.2, 0) is 10.0 Å². The Labute approximate surface area is 165 Å². The summed E-state index contributed by atoms with van der Waals surface area (Å²) in [6.45, 7) is 1.83. The van der Waals surface area contributed by atoms with Crippen LogP contribution in [-0.4, -0.2) is 17.4 Å². The highest BCUT2D eigenvalue weighted by Gasteiger charge is 2.24. The predicted molar refractivity (Wildman–Crippen MR) is 104 cm³/mol. The lowest BCUT2D eigenvalue weighted by atomic mass is 10.2. The quantitative estimate of drug-likeness (QED) is 0.504. The Morgan fingerprint density at radius 1 is 1.03 bits per heavy atom. The fourth-order valence-corrected chi connectivity index (χ4v) is 4.15. The van der Waals surface area contributed by atoms with Gasteiger partial charge in [0.1, 0.15) is 5.82 Å². The van der Waals surface area contributed by atoms with Crippen molar-refractivity contribution in [3.05, 3.63) is 78.1 Å². The molecule has 4 aromatic rings. The van der Waals surface area contributed by atoms with Crippen molar-refractivity contribution in [1.82, 2.24) is 8.96 Å². The molecule has 2 aromatic heterocycles. The summed E-state index contributed by atoms with van der Waals surface area (Å²) >= 11 is 0. The zero-order chi connectivity index (χ0) is 20.8. The van der Waals surface area contributed by atoms with Gasteiger partial charge in [0.25, 0.3) is 10.0 Å². The average molecular weight is 415 g/mol. The number of rotatable bonds is 4. The number of halogens is 2. The molecule has 0 saturated heterocycles. The lowest BCUT2D eigenvalue weighted by Crippen LogP contribution is -2.12. The zero-order valence-electron chi connectivity index (χ0n) is 15.1. The van der Waals surface area contributed by atoms with Crippen LogP contribution in [0.25, 0.3) is 11.0 Å². The molecule has 0 unspecified atom stereocenters. The summed E-state index contributed by atoms with van der Waals surface area (Å²) in [6, 6.07) is 11.1. The van der Waals surface area contributed by atoms with Gasteiger partial charge in [0.2, 0.25) is 0 Å². The molecule has 0 spiro atoms. The number of ether oxygens (including phenoxy) is 1. The maximum absolute atomic E-state index is 14.1. The lowest BCUT2D eigenvalue weighted by Gasteiger charge is -2.07. The molecule has 0 aliphatic heterocycles. The predicted octanol–water partition coefficient (Wildman–Crippen LogP) is 4.23. The molecule has 4 rings (SSSR count). The van der Waals surface area contributed by atoms with E-state index < -0.39 is 21.7 Å². The Balaban J connectivity index is 1.89. The lowest BCUT2D eigenvalue weighted by molar-refractivity contribution is 0.446. The van der Waals surface area contributed by atoms with E-state index in [-0.39, 0.29) is 33.1 Å². The van der Waals surface area contributed by atoms with E-state index in [1.165, 1.54) is 24.3 Å². The van der Waals surface area contributed by atoms with E-state index in [4.69, 9.17) is 10.5 Å². The van der Waals surface area contributed by atoms with Gasteiger partial charge in [-0.1, -0.05) is 17.7 Å². The van der Waals surface area contributed by atoms with Crippen LogP contribution in [0.5, 0.6) is 11.5 Å². The van der Waals surface area contributed by atoms with Crippen molar-refractivity contribution in [1.29, 1.82) is 0 Å². The number of fused-ring (bicyclic) bond motifs is 1. The number of nitrogens with two attached hydrogens (primary N) is 1. The van der Waals surface area contributed by atoms with Gasteiger partial charge in [-0.25, -0.2) is 26.2 Å². The van der Waals surface area contributed by atoms with Gasteiger partial charge in [0.05, 0.1) is 22.7 Å². The molecule has 6 nitrogen and oxygen atoms in total. The zero-order valence-corrected chi connectivity index (χ0v) is 16.0. The average Bonchev–Trinajstić information content (AvgIpc) is 3.03. The normalized spacial score (nSPS) is 11.7. The monoisotopic (exact) mass is 415 g/mol. The van der Waals surface area contributed by atoms with E-state index >= 15 is 0 Å². The van der Waals surface area contributed by atoms with Gasteiger partial charge in [0, 0.05) is 11.8 Å². The summed E-state index contributed by atoms with van der Waals surface area (Å²) in [7, 11) is -4.05. The van der Waals surface area contributed by atoms with Crippen molar-refractivity contribution in [2.75, 3.05) is 5.73 Å². The summed E-state index contributed by atoms with van der Waals surface area (Å²) in [4.78, 5) is 3.93. The number of hydrogen-bond donors (Lipinski definition) is 1. The Bertz CT molecular complexity index is 1330. The Morgan fingerprint density at radius 2 is 1.76 bits per heavy atom. The second-order valence-corrected chi connectivity index (χ2v) is 8.24. The maximum atomic E-state index is 14.1. The standard InChI is InChI=1S/C20H15F2N3O3S/c1-12-2-5-15(6-3-12)29(26,27)25-11-19(16-8-13(21)10-24-20(16)25)28-18-7-4-14(23)9-17(18)22/h2-11H,23H2,1H3. The smallest absolute Gasteiger partial charge is 0.269 e. The van der Waals surface area contributed by atoms with Crippen LogP contribution in [0.2, 0.25) is 0 Å². The van der Waals surface area contributed by atoms with Crippen LogP contribution in [0.4, 0.5) is 14.5 Å². The molecule has 148 valence electrons. The SMILES string of the molecule is Cc1ccc(S(=O)(=O)n2cc(Oc3ccc(N)cc3F)c3cc(F)cnc32)cc1. The van der Waals surface area contributed by atoms with Crippen LogP contribution in [0, 0.1) is 18.6 Å². The van der Waals surface area contributed by atoms with E-state index in [0.717, 1.165) is 34.1 Å². The first-order valence-electron chi connectivity index (χ1n) is 8.47. The molecule has 0 fully saturated rings. The van der Waals surface area contributed by atoms with Crippen LogP contribution >= 0.6 is 0 Å². The van der Waals surface area contributed by atoms with Crippen molar-refractivity contribution in [2.24, 2.45) is 0 Å². The first kappa shape index (κ1) is 18.9. The largest absolute Gasteiger partial charge is 0.452 e. The second-order valence-electron chi connectivity index (χ2n) is 6.42. The Morgan fingerprint density at radius 3 is 2.45 bits per heavy atom. The first-order valence-corrected chi connectivity index (χ1v) is 9.91. The molecule has 0 aliphatic carbocycles. The van der Waals surface area contributed by atoms with Gasteiger partial charge in [-0.3, -0.25) is 0 Å². The minimum atomic E-state index is -4.05. The van der Waals surface area contributed by atoms with E-state index in [0.29, 0.717) is 0 Å². The van der Waals surface area contributed by atoms with Crippen LogP contribution in [0.15, 0.2) is 65.8 Å². The second kappa shape index (κ2) is 6.85. The van der Waals surface area contributed by atoms with Crippen molar-refractivity contribution in [3.63, 3.8) is 0 Å². The van der Waals surface area contributed by atoms with Crippen molar-refractivity contribution in [3.8, 4) is 11.5 Å². The third-order valence-corrected chi connectivity index (χ3v) is 5.96. The molecule has 0 bridgehead atoms. The highest BCUT2D eigenvalue weighted by Crippen LogP contribution is 2.35. The number of nitrogens with zero attached hydrogens (tertiary/aromatic N) is 2. The fraction of sp³-hybridized carbons (Fsp3) is 0.0500. The van der Waals surface area contributed by atoms with Crippen molar-refractivity contribution in [2.45, 2.75) is 11.8 Å². The van der Waals surface area contributed by atoms with Gasteiger partial charge < -0.3 is 10.5 Å². The summed E-state index contributed by atoms with van der Waals surface area (Å²) in [6.07, 6.45) is 2.04. The van der Waals surface area contributed by atoms with Crippen LogP contribution < -0.4 is 10.5 Å². The van der Waals surface area contributed by atoms with E-state index in [9.17, 15) is 17.2 Å². The molecule has 0 saturated carbocycles. The third kappa shape index (κ3) is 3.40. The topological polar surface area (TPSA) is 87.2 Å². The molecule has 2 heterocycles. The van der Waals surface area contributed by atoms with Gasteiger partial charge in [-0.05, 0) is 37.3 Å². The number of aryl methyl sites for hydroxylation is 1. The van der Waals surface area contributed by atoms with Gasteiger partial charge in [0.15, 0.2) is 23.0 Å². The molecule has 0 atom stereocenters. The summed E-state index contributed by atoms with van der Waals surface area (Å²) < 4.78 is 60.6. The first-order chi connectivity index (χ1) is 13.8. The summed E-state index contributed by atoms with van der Waals surface area (Å²) in [5.41, 5.74) is 6.58. The van der Waals surface area contributed by atoms with E-state index in [1.54, 1.807) is 12.1 Å². The van der Waals surface area contributed by atoms with Gasteiger partial charge >= 0.3 is 0 Å². The molecule has 0 radical (unpaired) electrons. The summed E-state index contributed by atoms with van der Waals surface area (Å²) in [5.74, 6) is -1.68.